The van der Waals surface area contributed by atoms with Gasteiger partial charge in [-0.3, -0.25) is 9.59 Å². The van der Waals surface area contributed by atoms with Crippen molar-refractivity contribution in [2.24, 2.45) is 5.92 Å². The fraction of sp³-hybridized carbons (Fsp3) is 0.500. The molecule has 1 atom stereocenters. The lowest BCUT2D eigenvalue weighted by atomic mass is 9.93. The van der Waals surface area contributed by atoms with E-state index in [9.17, 15) is 19.6 Å². The number of carbonyl (C=O) groups is 3. The number of urea groups is 1. The summed E-state index contributed by atoms with van der Waals surface area (Å²) in [5.41, 5.74) is 0.818. The van der Waals surface area contributed by atoms with Crippen molar-refractivity contribution in [2.75, 3.05) is 5.32 Å². The quantitative estimate of drug-likeness (QED) is 0.529. The van der Waals surface area contributed by atoms with Crippen LogP contribution in [0.4, 0.5) is 10.5 Å². The first-order valence-electron chi connectivity index (χ1n) is 9.48. The van der Waals surface area contributed by atoms with Crippen LogP contribution < -0.4 is 16.0 Å². The summed E-state index contributed by atoms with van der Waals surface area (Å²) in [6, 6.07) is 8.07. The van der Waals surface area contributed by atoms with E-state index in [-0.39, 0.29) is 23.7 Å². The number of nitrogens with one attached hydrogen (secondary N) is 3. The van der Waals surface area contributed by atoms with Crippen molar-refractivity contribution >= 4 is 23.4 Å². The van der Waals surface area contributed by atoms with Crippen LogP contribution in [0.25, 0.3) is 0 Å². The summed E-state index contributed by atoms with van der Waals surface area (Å²) in [4.78, 5) is 36.7. The molecule has 27 heavy (non-hydrogen) atoms. The number of Topliss-reactive ketones (excluding diaryl/α,β-unsaturated/α-hetero) is 1. The van der Waals surface area contributed by atoms with Crippen LogP contribution >= 0.6 is 0 Å². The first-order valence-corrected chi connectivity index (χ1v) is 9.48. The average Bonchev–Trinajstić information content (AvgIpc) is 3.47. The molecule has 3 amide bonds. The number of amides is 3. The molecule has 7 nitrogen and oxygen atoms in total. The van der Waals surface area contributed by atoms with Crippen LogP contribution in [0.1, 0.15) is 55.3 Å². The number of ketones is 1. The highest BCUT2D eigenvalue weighted by Gasteiger charge is 2.29. The van der Waals surface area contributed by atoms with Gasteiger partial charge in [-0.05, 0) is 49.9 Å². The average molecular weight is 368 g/mol. The van der Waals surface area contributed by atoms with Gasteiger partial charge in [-0.1, -0.05) is 19.3 Å². The zero-order valence-corrected chi connectivity index (χ0v) is 15.2. The summed E-state index contributed by atoms with van der Waals surface area (Å²) in [6.45, 7) is 0. The lowest BCUT2D eigenvalue weighted by Gasteiger charge is -2.23. The van der Waals surface area contributed by atoms with Crippen LogP contribution in [-0.2, 0) is 4.79 Å². The van der Waals surface area contributed by atoms with E-state index < -0.39 is 17.6 Å². The van der Waals surface area contributed by atoms with Crippen LogP contribution in [0.2, 0.25) is 0 Å². The van der Waals surface area contributed by atoms with E-state index in [1.807, 2.05) is 6.07 Å². The second-order valence-corrected chi connectivity index (χ2v) is 7.22. The number of nitrogens with zero attached hydrogens (tertiary/aromatic N) is 1. The largest absolute Gasteiger partial charge is 0.352 e. The summed E-state index contributed by atoms with van der Waals surface area (Å²) in [6.07, 6.45) is 7.05. The zero-order valence-electron chi connectivity index (χ0n) is 15.2. The predicted octanol–water partition coefficient (Wildman–Crippen LogP) is 2.74. The van der Waals surface area contributed by atoms with E-state index in [1.165, 1.54) is 12.1 Å². The molecule has 0 saturated heterocycles. The molecule has 7 heteroatoms. The maximum atomic E-state index is 12.6. The van der Waals surface area contributed by atoms with E-state index in [0.717, 1.165) is 44.9 Å². The van der Waals surface area contributed by atoms with Gasteiger partial charge in [-0.2, -0.15) is 5.26 Å². The summed E-state index contributed by atoms with van der Waals surface area (Å²) in [5, 5.41) is 17.7. The van der Waals surface area contributed by atoms with Crippen LogP contribution in [0.3, 0.4) is 0 Å². The molecule has 2 saturated carbocycles. The standard InChI is InChI=1S/C20H24N4O3/c21-12-17(19(26)22-14-4-2-1-3-5-14)18(25)13-6-8-15(9-7-13)23-20(27)24-16-10-11-16/h6-9,14,16-17H,1-5,10-11H2,(H,22,26)(H2,23,24,27). The minimum atomic E-state index is -1.36. The topological polar surface area (TPSA) is 111 Å². The Morgan fingerprint density at radius 1 is 0.926 bits per heavy atom. The molecule has 0 heterocycles. The second kappa shape index (κ2) is 8.67. The molecule has 0 bridgehead atoms. The Labute approximate surface area is 158 Å². The maximum absolute atomic E-state index is 12.6. The first-order chi connectivity index (χ1) is 13.1. The Balaban J connectivity index is 1.57. The number of rotatable bonds is 6. The summed E-state index contributed by atoms with van der Waals surface area (Å²) in [5.74, 6) is -2.41. The molecule has 2 aliphatic carbocycles. The van der Waals surface area contributed by atoms with Gasteiger partial charge in [0.25, 0.3) is 0 Å². The lowest BCUT2D eigenvalue weighted by molar-refractivity contribution is -0.123. The summed E-state index contributed by atoms with van der Waals surface area (Å²) >= 11 is 0. The highest BCUT2D eigenvalue weighted by atomic mass is 16.2. The third-order valence-electron chi connectivity index (χ3n) is 4.94. The number of benzene rings is 1. The maximum Gasteiger partial charge on any atom is 0.319 e. The van der Waals surface area contributed by atoms with Gasteiger partial charge in [0.15, 0.2) is 11.7 Å². The Morgan fingerprint density at radius 2 is 1.56 bits per heavy atom. The van der Waals surface area contributed by atoms with Crippen LogP contribution in [-0.4, -0.2) is 29.8 Å². The lowest BCUT2D eigenvalue weighted by Crippen LogP contribution is -2.42. The SMILES string of the molecule is N#CC(C(=O)NC1CCCCC1)C(=O)c1ccc(NC(=O)NC2CC2)cc1. The van der Waals surface area contributed by atoms with Gasteiger partial charge in [-0.25, -0.2) is 4.79 Å². The van der Waals surface area contributed by atoms with Gasteiger partial charge in [0.05, 0.1) is 6.07 Å². The first kappa shape index (κ1) is 18.9. The normalized spacial score (nSPS) is 18.0. The fourth-order valence-corrected chi connectivity index (χ4v) is 3.23. The van der Waals surface area contributed by atoms with Crippen LogP contribution in [0.15, 0.2) is 24.3 Å². The van der Waals surface area contributed by atoms with Crippen molar-refractivity contribution in [2.45, 2.75) is 57.0 Å². The van der Waals surface area contributed by atoms with Gasteiger partial charge < -0.3 is 16.0 Å². The van der Waals surface area contributed by atoms with Crippen LogP contribution in [0.5, 0.6) is 0 Å². The molecule has 2 aliphatic rings. The van der Waals surface area contributed by atoms with Crippen molar-refractivity contribution in [1.82, 2.24) is 10.6 Å². The molecule has 3 N–H and O–H groups in total. The Hall–Kier alpha value is -2.88. The number of hydrogen-bond donors (Lipinski definition) is 3. The Kier molecular flexibility index (Phi) is 6.07. The van der Waals surface area contributed by atoms with Crippen molar-refractivity contribution in [3.63, 3.8) is 0 Å². The minimum Gasteiger partial charge on any atom is -0.352 e. The molecular weight excluding hydrogens is 344 g/mol. The molecular formula is C20H24N4O3. The molecule has 0 aliphatic heterocycles. The fourth-order valence-electron chi connectivity index (χ4n) is 3.23. The molecule has 1 aromatic carbocycles. The highest BCUT2D eigenvalue weighted by Crippen LogP contribution is 2.20. The second-order valence-electron chi connectivity index (χ2n) is 7.22. The summed E-state index contributed by atoms with van der Waals surface area (Å²) < 4.78 is 0. The Morgan fingerprint density at radius 3 is 2.15 bits per heavy atom. The molecule has 1 aromatic rings. The summed E-state index contributed by atoms with van der Waals surface area (Å²) in [7, 11) is 0. The van der Waals surface area contributed by atoms with Gasteiger partial charge in [0.1, 0.15) is 0 Å². The zero-order chi connectivity index (χ0) is 19.2. The number of hydrogen-bond acceptors (Lipinski definition) is 4. The van der Waals surface area contributed by atoms with E-state index >= 15 is 0 Å². The van der Waals surface area contributed by atoms with Gasteiger partial charge in [-0.15, -0.1) is 0 Å². The molecule has 2 fully saturated rings. The third-order valence-corrected chi connectivity index (χ3v) is 4.94. The van der Waals surface area contributed by atoms with Gasteiger partial charge in [0, 0.05) is 23.3 Å². The Bertz CT molecular complexity index is 743. The molecule has 0 spiro atoms. The third kappa shape index (κ3) is 5.30. The number of anilines is 1. The van der Waals surface area contributed by atoms with Crippen molar-refractivity contribution in [1.29, 1.82) is 5.26 Å². The predicted molar refractivity (Wildman–Crippen MR) is 100 cm³/mol. The van der Waals surface area contributed by atoms with E-state index in [0.29, 0.717) is 5.69 Å². The van der Waals surface area contributed by atoms with Gasteiger partial charge in [0.2, 0.25) is 5.91 Å². The van der Waals surface area contributed by atoms with Crippen molar-refractivity contribution in [3.8, 4) is 6.07 Å². The minimum absolute atomic E-state index is 0.0476. The van der Waals surface area contributed by atoms with E-state index in [1.54, 1.807) is 12.1 Å². The van der Waals surface area contributed by atoms with Crippen molar-refractivity contribution in [3.05, 3.63) is 29.8 Å². The molecule has 1 unspecified atom stereocenters. The van der Waals surface area contributed by atoms with Crippen LogP contribution in [0, 0.1) is 17.2 Å². The van der Waals surface area contributed by atoms with Crippen molar-refractivity contribution < 1.29 is 14.4 Å². The smallest absolute Gasteiger partial charge is 0.319 e. The number of carbonyl (C=O) groups excluding carboxylic acids is 3. The van der Waals surface area contributed by atoms with E-state index in [2.05, 4.69) is 16.0 Å². The van der Waals surface area contributed by atoms with Gasteiger partial charge >= 0.3 is 6.03 Å². The van der Waals surface area contributed by atoms with E-state index in [4.69, 9.17) is 0 Å². The molecule has 0 aromatic heterocycles. The number of nitriles is 1. The molecule has 142 valence electrons. The molecule has 3 rings (SSSR count). The highest BCUT2D eigenvalue weighted by molar-refractivity contribution is 6.12. The monoisotopic (exact) mass is 368 g/mol. The molecule has 0 radical (unpaired) electrons.